The molecule has 1 fully saturated rings. The maximum Gasteiger partial charge on any atom is 0.307 e. The van der Waals surface area contributed by atoms with Gasteiger partial charge in [-0.2, -0.15) is 0 Å². The first-order chi connectivity index (χ1) is 14.8. The van der Waals surface area contributed by atoms with Crippen molar-refractivity contribution >= 4 is 14.3 Å². The molecule has 6 heteroatoms. The third kappa shape index (κ3) is 8.96. The Hall–Kier alpha value is -1.83. The molecule has 0 bridgehead atoms. The number of carbonyl (C=O) groups is 1. The van der Waals surface area contributed by atoms with Crippen LogP contribution in [0, 0.1) is 23.7 Å². The third-order valence-corrected chi connectivity index (χ3v) is 10.5. The van der Waals surface area contributed by atoms with E-state index < -0.39 is 20.5 Å². The van der Waals surface area contributed by atoms with Gasteiger partial charge in [0.15, 0.2) is 8.32 Å². The lowest BCUT2D eigenvalue weighted by molar-refractivity contribution is -0.150. The van der Waals surface area contributed by atoms with Crippen LogP contribution in [0.15, 0.2) is 24.3 Å². The summed E-state index contributed by atoms with van der Waals surface area (Å²) in [5, 5.41) is 10.5. The Labute approximate surface area is 195 Å². The zero-order valence-electron chi connectivity index (χ0n) is 20.8. The van der Waals surface area contributed by atoms with Crippen LogP contribution < -0.4 is 0 Å². The van der Waals surface area contributed by atoms with Crippen molar-refractivity contribution in [2.75, 3.05) is 6.61 Å². The van der Waals surface area contributed by atoms with Gasteiger partial charge in [0.2, 0.25) is 0 Å². The van der Waals surface area contributed by atoms with Crippen molar-refractivity contribution in [3.8, 4) is 23.7 Å². The molecule has 4 atom stereocenters. The molecule has 0 aromatic heterocycles. The third-order valence-electron chi connectivity index (χ3n) is 6.00. The lowest BCUT2D eigenvalue weighted by atomic mass is 9.98. The number of hydrogen-bond donors (Lipinski definition) is 1. The van der Waals surface area contributed by atoms with Gasteiger partial charge in [0, 0.05) is 19.3 Å². The van der Waals surface area contributed by atoms with Crippen molar-refractivity contribution in [3.05, 3.63) is 24.3 Å². The Bertz CT molecular complexity index is 800. The first-order valence-electron chi connectivity index (χ1n) is 11.2. The maximum absolute atomic E-state index is 12.3. The summed E-state index contributed by atoms with van der Waals surface area (Å²) < 4.78 is 17.7. The molecule has 0 aromatic carbocycles. The summed E-state index contributed by atoms with van der Waals surface area (Å²) in [7, 11) is -2.01. The molecule has 1 N–H and O–H groups in total. The molecule has 1 saturated heterocycles. The molecule has 0 saturated carbocycles. The zero-order valence-corrected chi connectivity index (χ0v) is 21.8. The molecule has 1 aliphatic rings. The van der Waals surface area contributed by atoms with Crippen LogP contribution in [0.5, 0.6) is 0 Å². The number of ether oxygens (including phenoxy) is 2. The van der Waals surface area contributed by atoms with Gasteiger partial charge in [0.25, 0.3) is 0 Å². The molecule has 0 aromatic rings. The first-order valence-corrected chi connectivity index (χ1v) is 14.1. The molecule has 1 heterocycles. The first kappa shape index (κ1) is 28.2. The molecule has 0 aliphatic carbocycles. The summed E-state index contributed by atoms with van der Waals surface area (Å²) in [6.45, 7) is 22.7. The molecule has 1 rings (SSSR count). The highest BCUT2D eigenvalue weighted by atomic mass is 28.4. The highest BCUT2D eigenvalue weighted by molar-refractivity contribution is 6.74. The fourth-order valence-electron chi connectivity index (χ4n) is 2.83. The summed E-state index contributed by atoms with van der Waals surface area (Å²) in [5.74, 6) is 11.1. The van der Waals surface area contributed by atoms with Crippen LogP contribution in [-0.2, 0) is 18.7 Å². The molecule has 32 heavy (non-hydrogen) atoms. The Balaban J connectivity index is 2.76. The lowest BCUT2D eigenvalue weighted by Crippen LogP contribution is -2.43. The Kier molecular flexibility index (Phi) is 10.9. The number of carbonyl (C=O) groups excluding carboxylic acids is 1. The lowest BCUT2D eigenvalue weighted by Gasteiger charge is -2.37. The second-order valence-corrected chi connectivity index (χ2v) is 14.5. The van der Waals surface area contributed by atoms with E-state index in [9.17, 15) is 9.90 Å². The quantitative estimate of drug-likeness (QED) is 0.149. The smallest absolute Gasteiger partial charge is 0.307 e. The van der Waals surface area contributed by atoms with Crippen molar-refractivity contribution in [2.45, 2.75) is 103 Å². The standard InChI is InChI=1S/C26H40O5Si/c1-10-12-14-16-22(27)30-21(18-29-32(8,9)26(5,6)7)17-20(4)24-25(31-24)23(28)19(3)15-13-11-2/h21,23-25,28H,3-4,14-18H2,1-2,5-9H3/t21-,23-,24-,25-/m0/s1. The number of aliphatic hydroxyl groups excluding tert-OH is 1. The van der Waals surface area contributed by atoms with E-state index in [4.69, 9.17) is 13.9 Å². The molecule has 0 unspecified atom stereocenters. The number of esters is 1. The minimum absolute atomic E-state index is 0.0475. The maximum atomic E-state index is 12.3. The molecule has 178 valence electrons. The number of rotatable bonds is 12. The van der Waals surface area contributed by atoms with E-state index in [1.54, 1.807) is 13.8 Å². The van der Waals surface area contributed by atoms with E-state index >= 15 is 0 Å². The minimum atomic E-state index is -2.01. The van der Waals surface area contributed by atoms with Crippen LogP contribution in [0.25, 0.3) is 0 Å². The van der Waals surface area contributed by atoms with Crippen molar-refractivity contribution in [1.82, 2.24) is 0 Å². The summed E-state index contributed by atoms with van der Waals surface area (Å²) in [5.41, 5.74) is 1.40. The van der Waals surface area contributed by atoms with Gasteiger partial charge in [-0.3, -0.25) is 4.79 Å². The number of aliphatic hydroxyl groups is 1. The van der Waals surface area contributed by atoms with Crippen LogP contribution in [-0.4, -0.2) is 50.4 Å². The predicted octanol–water partition coefficient (Wildman–Crippen LogP) is 4.77. The molecule has 0 spiro atoms. The minimum Gasteiger partial charge on any atom is -0.460 e. The van der Waals surface area contributed by atoms with Gasteiger partial charge in [0.05, 0.1) is 13.0 Å². The fraction of sp³-hybridized carbons (Fsp3) is 0.654. The Morgan fingerprint density at radius 3 is 2.38 bits per heavy atom. The highest BCUT2D eigenvalue weighted by Crippen LogP contribution is 2.38. The van der Waals surface area contributed by atoms with E-state index in [0.29, 0.717) is 31.4 Å². The normalized spacial score (nSPS) is 19.5. The van der Waals surface area contributed by atoms with E-state index in [-0.39, 0.29) is 29.6 Å². The van der Waals surface area contributed by atoms with Crippen molar-refractivity contribution in [1.29, 1.82) is 0 Å². The summed E-state index contributed by atoms with van der Waals surface area (Å²) in [6.07, 6.45) is -0.391. The van der Waals surface area contributed by atoms with Gasteiger partial charge in [-0.05, 0) is 43.1 Å². The van der Waals surface area contributed by atoms with Crippen molar-refractivity contribution < 1.29 is 23.8 Å². The Morgan fingerprint density at radius 1 is 1.19 bits per heavy atom. The number of epoxide rings is 1. The molecular formula is C26H40O5Si. The van der Waals surface area contributed by atoms with Gasteiger partial charge in [0.1, 0.15) is 24.4 Å². The molecule has 0 radical (unpaired) electrons. The number of hydrogen-bond acceptors (Lipinski definition) is 5. The van der Waals surface area contributed by atoms with Gasteiger partial charge >= 0.3 is 5.97 Å². The average molecular weight is 461 g/mol. The summed E-state index contributed by atoms with van der Waals surface area (Å²) >= 11 is 0. The second kappa shape index (κ2) is 12.4. The summed E-state index contributed by atoms with van der Waals surface area (Å²) in [4.78, 5) is 12.3. The monoisotopic (exact) mass is 460 g/mol. The topological polar surface area (TPSA) is 68.3 Å². The van der Waals surface area contributed by atoms with Crippen LogP contribution in [0.2, 0.25) is 18.1 Å². The molecule has 1 aliphatic heterocycles. The van der Waals surface area contributed by atoms with Gasteiger partial charge < -0.3 is 19.0 Å². The van der Waals surface area contributed by atoms with Crippen LogP contribution >= 0.6 is 0 Å². The van der Waals surface area contributed by atoms with Crippen LogP contribution in [0.4, 0.5) is 0 Å². The van der Waals surface area contributed by atoms with E-state index in [0.717, 1.165) is 5.57 Å². The van der Waals surface area contributed by atoms with Crippen LogP contribution in [0.3, 0.4) is 0 Å². The average Bonchev–Trinajstić information content (AvgIpc) is 3.50. The zero-order chi connectivity index (χ0) is 24.5. The molecule has 5 nitrogen and oxygen atoms in total. The Morgan fingerprint density at radius 2 is 1.81 bits per heavy atom. The van der Waals surface area contributed by atoms with Crippen LogP contribution in [0.1, 0.15) is 60.3 Å². The van der Waals surface area contributed by atoms with E-state index in [1.807, 2.05) is 0 Å². The SMILES string of the molecule is C=C(CC#CC)[C@H](O)[C@@H]1O[C@H]1C(=C)C[C@@H](CO[Si](C)(C)C(C)(C)C)OC(=O)CCC#CC. The second-order valence-electron chi connectivity index (χ2n) is 9.70. The highest BCUT2D eigenvalue weighted by Gasteiger charge is 2.47. The van der Waals surface area contributed by atoms with E-state index in [2.05, 4.69) is 70.7 Å². The predicted molar refractivity (Wildman–Crippen MR) is 131 cm³/mol. The van der Waals surface area contributed by atoms with Crippen molar-refractivity contribution in [2.24, 2.45) is 0 Å². The van der Waals surface area contributed by atoms with E-state index in [1.165, 1.54) is 0 Å². The fourth-order valence-corrected chi connectivity index (χ4v) is 3.86. The van der Waals surface area contributed by atoms with Gasteiger partial charge in [-0.25, -0.2) is 0 Å². The van der Waals surface area contributed by atoms with Gasteiger partial charge in [-0.15, -0.1) is 17.8 Å². The molecule has 0 amide bonds. The van der Waals surface area contributed by atoms with Crippen molar-refractivity contribution in [3.63, 3.8) is 0 Å². The van der Waals surface area contributed by atoms with Gasteiger partial charge in [-0.1, -0.05) is 39.8 Å². The largest absolute Gasteiger partial charge is 0.460 e. The summed E-state index contributed by atoms with van der Waals surface area (Å²) in [6, 6.07) is 0. The molecular weight excluding hydrogens is 420 g/mol.